The minimum absolute atomic E-state index is 0.266. The Morgan fingerprint density at radius 3 is 2.47 bits per heavy atom. The van der Waals surface area contributed by atoms with Crippen LogP contribution in [0.25, 0.3) is 0 Å². The van der Waals surface area contributed by atoms with Gasteiger partial charge in [-0.2, -0.15) is 0 Å². The number of hydrogen-bond acceptors (Lipinski definition) is 2. The van der Waals surface area contributed by atoms with Gasteiger partial charge in [0.2, 0.25) is 0 Å². The first-order valence-electron chi connectivity index (χ1n) is 5.59. The van der Waals surface area contributed by atoms with Gasteiger partial charge in [-0.05, 0) is 12.8 Å². The van der Waals surface area contributed by atoms with E-state index in [1.807, 2.05) is 13.8 Å². The molecule has 15 heavy (non-hydrogen) atoms. The molecule has 0 heterocycles. The normalized spacial score (nSPS) is 14.4. The molecule has 0 aromatic carbocycles. The van der Waals surface area contributed by atoms with E-state index < -0.39 is 6.17 Å². The smallest absolute Gasteiger partial charge is 0.136 e. The zero-order chi connectivity index (χ0) is 11.8. The van der Waals surface area contributed by atoms with Crippen molar-refractivity contribution in [1.82, 2.24) is 5.32 Å². The molecule has 0 aliphatic heterocycles. The fraction of sp³-hybridized carbons (Fsp3) is 0.750. The van der Waals surface area contributed by atoms with Crippen LogP contribution in [0.5, 0.6) is 0 Å². The monoisotopic (exact) mass is 215 g/mol. The van der Waals surface area contributed by atoms with Crippen molar-refractivity contribution in [2.75, 3.05) is 6.54 Å². The fourth-order valence-electron chi connectivity index (χ4n) is 1.24. The van der Waals surface area contributed by atoms with Gasteiger partial charge in [-0.15, -0.1) is 0 Å². The van der Waals surface area contributed by atoms with Crippen molar-refractivity contribution in [3.05, 3.63) is 12.3 Å². The average Bonchev–Trinajstić information content (AvgIpc) is 2.22. The van der Waals surface area contributed by atoms with Crippen molar-refractivity contribution < 1.29 is 9.18 Å². The summed E-state index contributed by atoms with van der Waals surface area (Å²) in [6.45, 7) is 9.58. The molecule has 2 unspecified atom stereocenters. The summed E-state index contributed by atoms with van der Waals surface area (Å²) in [7, 11) is 0. The lowest BCUT2D eigenvalue weighted by atomic mass is 9.98. The van der Waals surface area contributed by atoms with Crippen LogP contribution in [-0.2, 0) is 4.79 Å². The molecule has 0 rings (SSSR count). The van der Waals surface area contributed by atoms with Crippen LogP contribution in [0, 0.1) is 5.92 Å². The van der Waals surface area contributed by atoms with Gasteiger partial charge in [0.1, 0.15) is 12.0 Å². The van der Waals surface area contributed by atoms with E-state index in [0.29, 0.717) is 25.1 Å². The topological polar surface area (TPSA) is 29.1 Å². The number of rotatable bonds is 8. The predicted molar refractivity (Wildman–Crippen MR) is 61.4 cm³/mol. The molecule has 0 saturated heterocycles. The van der Waals surface area contributed by atoms with Crippen LogP contribution < -0.4 is 5.32 Å². The van der Waals surface area contributed by atoms with Crippen molar-refractivity contribution in [2.45, 2.75) is 46.2 Å². The Labute approximate surface area is 91.9 Å². The highest BCUT2D eigenvalue weighted by atomic mass is 19.1. The maximum Gasteiger partial charge on any atom is 0.136 e. The van der Waals surface area contributed by atoms with Crippen molar-refractivity contribution in [2.24, 2.45) is 5.92 Å². The highest BCUT2D eigenvalue weighted by Crippen LogP contribution is 2.10. The van der Waals surface area contributed by atoms with Crippen molar-refractivity contribution in [3.63, 3.8) is 0 Å². The van der Waals surface area contributed by atoms with Gasteiger partial charge < -0.3 is 5.32 Å². The Morgan fingerprint density at radius 1 is 1.47 bits per heavy atom. The third-order valence-corrected chi connectivity index (χ3v) is 2.59. The lowest BCUT2D eigenvalue weighted by Crippen LogP contribution is -2.26. The summed E-state index contributed by atoms with van der Waals surface area (Å²) in [6, 6.07) is 0. The summed E-state index contributed by atoms with van der Waals surface area (Å²) in [5.74, 6) is 0.551. The van der Waals surface area contributed by atoms with Crippen LogP contribution in [0.4, 0.5) is 4.39 Å². The molecule has 0 aliphatic rings. The lowest BCUT2D eigenvalue weighted by Gasteiger charge is -2.17. The lowest BCUT2D eigenvalue weighted by molar-refractivity contribution is -0.119. The van der Waals surface area contributed by atoms with E-state index in [9.17, 15) is 9.18 Å². The number of ketones is 1. The predicted octanol–water partition coefficient (Wildman–Crippen LogP) is 2.84. The van der Waals surface area contributed by atoms with Crippen LogP contribution in [0.1, 0.15) is 40.0 Å². The van der Waals surface area contributed by atoms with Gasteiger partial charge >= 0.3 is 0 Å². The van der Waals surface area contributed by atoms with Gasteiger partial charge in [0.15, 0.2) is 0 Å². The first-order valence-corrected chi connectivity index (χ1v) is 5.59. The second kappa shape index (κ2) is 7.43. The number of alkyl halides is 1. The maximum atomic E-state index is 12.7. The molecule has 0 bridgehead atoms. The quantitative estimate of drug-likeness (QED) is 0.674. The second-order valence-corrected chi connectivity index (χ2v) is 3.89. The molecule has 88 valence electrons. The molecule has 0 aliphatic carbocycles. The largest absolute Gasteiger partial charge is 0.386 e. The summed E-state index contributed by atoms with van der Waals surface area (Å²) in [5.41, 5.74) is 0.400. The van der Waals surface area contributed by atoms with Crippen LogP contribution in [-0.4, -0.2) is 18.5 Å². The van der Waals surface area contributed by atoms with Crippen molar-refractivity contribution in [1.29, 1.82) is 0 Å². The molecule has 2 nitrogen and oxygen atoms in total. The first-order chi connectivity index (χ1) is 7.01. The molecule has 0 amide bonds. The number of nitrogens with one attached hydrogen (secondary N) is 1. The summed E-state index contributed by atoms with van der Waals surface area (Å²) < 4.78 is 12.7. The zero-order valence-electron chi connectivity index (χ0n) is 9.98. The van der Waals surface area contributed by atoms with Gasteiger partial charge in [-0.25, -0.2) is 4.39 Å². The first kappa shape index (κ1) is 14.1. The number of halogens is 1. The van der Waals surface area contributed by atoms with E-state index in [1.165, 1.54) is 6.92 Å². The Morgan fingerprint density at radius 2 is 2.07 bits per heavy atom. The highest BCUT2D eigenvalue weighted by molar-refractivity contribution is 5.78. The number of carbonyl (C=O) groups excluding carboxylic acids is 1. The molecule has 0 aromatic heterocycles. The molecule has 3 heteroatoms. The van der Waals surface area contributed by atoms with E-state index in [-0.39, 0.29) is 11.7 Å². The van der Waals surface area contributed by atoms with Gasteiger partial charge in [0, 0.05) is 25.1 Å². The van der Waals surface area contributed by atoms with Crippen LogP contribution in [0.15, 0.2) is 12.3 Å². The molecule has 2 atom stereocenters. The summed E-state index contributed by atoms with van der Waals surface area (Å²) in [5, 5.41) is 2.94. The number of carbonyl (C=O) groups is 1. The molecule has 0 spiro atoms. The fourth-order valence-corrected chi connectivity index (χ4v) is 1.24. The highest BCUT2D eigenvalue weighted by Gasteiger charge is 2.12. The van der Waals surface area contributed by atoms with E-state index in [1.54, 1.807) is 0 Å². The Kier molecular flexibility index (Phi) is 7.01. The molecular formula is C12H22FNO. The van der Waals surface area contributed by atoms with Gasteiger partial charge in [0.25, 0.3) is 0 Å². The van der Waals surface area contributed by atoms with Gasteiger partial charge in [-0.3, -0.25) is 4.79 Å². The van der Waals surface area contributed by atoms with E-state index >= 15 is 0 Å². The molecule has 0 fully saturated rings. The Bertz CT molecular complexity index is 214. The summed E-state index contributed by atoms with van der Waals surface area (Å²) >= 11 is 0. The average molecular weight is 215 g/mol. The number of hydrogen-bond donors (Lipinski definition) is 1. The van der Waals surface area contributed by atoms with Crippen molar-refractivity contribution >= 4 is 5.78 Å². The maximum absolute atomic E-state index is 12.7. The SMILES string of the molecule is C=C(NCC(CC)CC(=O)CC)C(C)F. The van der Waals surface area contributed by atoms with Crippen LogP contribution in [0.3, 0.4) is 0 Å². The number of allylic oxidation sites excluding steroid dienone is 1. The summed E-state index contributed by atoms with van der Waals surface area (Å²) in [6.07, 6.45) is 1.04. The third kappa shape index (κ3) is 6.26. The zero-order valence-corrected chi connectivity index (χ0v) is 9.98. The molecule has 0 saturated carbocycles. The molecule has 0 aromatic rings. The molecular weight excluding hydrogens is 193 g/mol. The summed E-state index contributed by atoms with van der Waals surface area (Å²) in [4.78, 5) is 11.2. The van der Waals surface area contributed by atoms with E-state index in [0.717, 1.165) is 6.42 Å². The molecule has 0 radical (unpaired) electrons. The third-order valence-electron chi connectivity index (χ3n) is 2.59. The van der Waals surface area contributed by atoms with Crippen molar-refractivity contribution in [3.8, 4) is 0 Å². The van der Waals surface area contributed by atoms with Crippen LogP contribution >= 0.6 is 0 Å². The minimum atomic E-state index is -1.04. The van der Waals surface area contributed by atoms with E-state index in [2.05, 4.69) is 11.9 Å². The Hall–Kier alpha value is -0.860. The van der Waals surface area contributed by atoms with Gasteiger partial charge in [0.05, 0.1) is 0 Å². The molecule has 1 N–H and O–H groups in total. The number of Topliss-reactive ketones (excluding diaryl/α,β-unsaturated/α-hetero) is 1. The second-order valence-electron chi connectivity index (χ2n) is 3.89. The van der Waals surface area contributed by atoms with Crippen LogP contribution in [0.2, 0.25) is 0 Å². The Balaban J connectivity index is 3.90. The minimum Gasteiger partial charge on any atom is -0.386 e. The van der Waals surface area contributed by atoms with Gasteiger partial charge in [-0.1, -0.05) is 26.8 Å². The van der Waals surface area contributed by atoms with E-state index in [4.69, 9.17) is 0 Å². The standard InChI is InChI=1S/C12H22FNO/c1-5-11(7-12(15)6-2)8-14-10(4)9(3)13/h9,11,14H,4-8H2,1-3H3.